The van der Waals surface area contributed by atoms with Crippen LogP contribution in [0.5, 0.6) is 0 Å². The van der Waals surface area contributed by atoms with E-state index in [1.165, 1.54) is 16.0 Å². The number of rotatable bonds is 5. The summed E-state index contributed by atoms with van der Waals surface area (Å²) in [5.41, 5.74) is 2.39. The smallest absolute Gasteiger partial charge is 0.323 e. The van der Waals surface area contributed by atoms with Gasteiger partial charge in [-0.15, -0.1) is 0 Å². The van der Waals surface area contributed by atoms with E-state index in [0.717, 1.165) is 12.8 Å². The molecule has 1 aliphatic heterocycles. The van der Waals surface area contributed by atoms with Gasteiger partial charge in [-0.3, -0.25) is 9.59 Å². The fourth-order valence-electron chi connectivity index (χ4n) is 2.86. The zero-order chi connectivity index (χ0) is 14.8. The minimum atomic E-state index is -0.944. The molecule has 0 saturated heterocycles. The summed E-state index contributed by atoms with van der Waals surface area (Å²) in [5, 5.41) is 12.2. The van der Waals surface area contributed by atoms with Crippen molar-refractivity contribution < 1.29 is 14.7 Å². The molecule has 1 aliphatic carbocycles. The Morgan fingerprint density at radius 2 is 1.95 bits per heavy atom. The van der Waals surface area contributed by atoms with Gasteiger partial charge in [0.25, 0.3) is 0 Å². The van der Waals surface area contributed by atoms with E-state index in [0.29, 0.717) is 25.4 Å². The molecule has 1 atom stereocenters. The predicted octanol–water partition coefficient (Wildman–Crippen LogP) is 1.02. The average Bonchev–Trinajstić information content (AvgIpc) is 3.29. The van der Waals surface area contributed by atoms with Crippen molar-refractivity contribution >= 4 is 11.9 Å². The summed E-state index contributed by atoms with van der Waals surface area (Å²) < 4.78 is 0. The monoisotopic (exact) mass is 288 g/mol. The molecule has 21 heavy (non-hydrogen) atoms. The van der Waals surface area contributed by atoms with E-state index in [-0.39, 0.29) is 18.5 Å². The molecule has 1 saturated carbocycles. The highest BCUT2D eigenvalue weighted by Gasteiger charge is 2.32. The maximum atomic E-state index is 12.6. The van der Waals surface area contributed by atoms with E-state index in [2.05, 4.69) is 11.4 Å². The Labute approximate surface area is 123 Å². The molecule has 1 fully saturated rings. The number of hydrogen-bond donors (Lipinski definition) is 2. The van der Waals surface area contributed by atoms with Gasteiger partial charge in [-0.2, -0.15) is 0 Å². The first-order valence-corrected chi connectivity index (χ1v) is 7.44. The first-order chi connectivity index (χ1) is 10.1. The fourth-order valence-corrected chi connectivity index (χ4v) is 2.86. The van der Waals surface area contributed by atoms with Crippen molar-refractivity contribution in [2.45, 2.75) is 31.8 Å². The van der Waals surface area contributed by atoms with Gasteiger partial charge >= 0.3 is 5.97 Å². The van der Waals surface area contributed by atoms with Gasteiger partial charge < -0.3 is 15.3 Å². The molecule has 112 valence electrons. The third kappa shape index (κ3) is 3.42. The van der Waals surface area contributed by atoms with Crippen LogP contribution >= 0.6 is 0 Å². The highest BCUT2D eigenvalue weighted by molar-refractivity contribution is 5.86. The Kier molecular flexibility index (Phi) is 3.92. The van der Waals surface area contributed by atoms with Crippen molar-refractivity contribution in [2.75, 3.05) is 13.1 Å². The lowest BCUT2D eigenvalue weighted by molar-refractivity contribution is -0.145. The summed E-state index contributed by atoms with van der Waals surface area (Å²) in [6.07, 6.45) is 2.84. The van der Waals surface area contributed by atoms with Crippen molar-refractivity contribution in [1.29, 1.82) is 0 Å². The maximum absolute atomic E-state index is 12.6. The molecule has 0 radical (unpaired) electrons. The second kappa shape index (κ2) is 5.85. The number of nitrogens with zero attached hydrogens (tertiary/aromatic N) is 1. The SMILES string of the molecule is O=C(O)CN(CC1CC1)C(=O)C1Cc2ccccc2CN1. The zero-order valence-corrected chi connectivity index (χ0v) is 11.9. The molecule has 3 rings (SSSR count). The molecule has 0 bridgehead atoms. The fraction of sp³-hybridized carbons (Fsp3) is 0.500. The molecular formula is C16H20N2O3. The van der Waals surface area contributed by atoms with Crippen molar-refractivity contribution in [2.24, 2.45) is 5.92 Å². The lowest BCUT2D eigenvalue weighted by Gasteiger charge is -2.30. The van der Waals surface area contributed by atoms with Crippen LogP contribution in [-0.4, -0.2) is 41.0 Å². The highest BCUT2D eigenvalue weighted by atomic mass is 16.4. The number of amides is 1. The quantitative estimate of drug-likeness (QED) is 0.849. The van der Waals surface area contributed by atoms with Crippen LogP contribution in [0, 0.1) is 5.92 Å². The standard InChI is InChI=1S/C16H20N2O3/c19-15(20)10-18(9-11-5-6-11)16(21)14-7-12-3-1-2-4-13(12)8-17-14/h1-4,11,14,17H,5-10H2,(H,19,20). The van der Waals surface area contributed by atoms with Gasteiger partial charge in [0.05, 0.1) is 6.04 Å². The number of carbonyl (C=O) groups is 2. The number of aliphatic carboxylic acids is 1. The normalized spacial score (nSPS) is 20.7. The van der Waals surface area contributed by atoms with E-state index < -0.39 is 5.97 Å². The first kappa shape index (κ1) is 14.1. The Balaban J connectivity index is 1.69. The largest absolute Gasteiger partial charge is 0.480 e. The average molecular weight is 288 g/mol. The van der Waals surface area contributed by atoms with Gasteiger partial charge in [0, 0.05) is 13.1 Å². The van der Waals surface area contributed by atoms with Crippen LogP contribution in [0.1, 0.15) is 24.0 Å². The molecule has 5 nitrogen and oxygen atoms in total. The Hall–Kier alpha value is -1.88. The molecule has 1 aromatic rings. The van der Waals surface area contributed by atoms with Crippen LogP contribution in [-0.2, 0) is 22.6 Å². The van der Waals surface area contributed by atoms with Crippen molar-refractivity contribution in [3.8, 4) is 0 Å². The highest BCUT2D eigenvalue weighted by Crippen LogP contribution is 2.30. The van der Waals surface area contributed by atoms with Crippen molar-refractivity contribution in [3.63, 3.8) is 0 Å². The van der Waals surface area contributed by atoms with E-state index in [1.807, 2.05) is 18.2 Å². The summed E-state index contributed by atoms with van der Waals surface area (Å²) in [5.74, 6) is -0.539. The summed E-state index contributed by atoms with van der Waals surface area (Å²) in [6, 6.07) is 7.76. The van der Waals surface area contributed by atoms with Crippen LogP contribution in [0.2, 0.25) is 0 Å². The van der Waals surface area contributed by atoms with Crippen LogP contribution < -0.4 is 5.32 Å². The number of carboxylic acid groups (broad SMARTS) is 1. The summed E-state index contributed by atoms with van der Waals surface area (Å²) in [4.78, 5) is 25.1. The Morgan fingerprint density at radius 1 is 1.24 bits per heavy atom. The van der Waals surface area contributed by atoms with Crippen LogP contribution in [0.4, 0.5) is 0 Å². The van der Waals surface area contributed by atoms with Gasteiger partial charge in [-0.25, -0.2) is 0 Å². The van der Waals surface area contributed by atoms with Gasteiger partial charge in [0.15, 0.2) is 0 Å². The zero-order valence-electron chi connectivity index (χ0n) is 11.9. The molecule has 2 N–H and O–H groups in total. The van der Waals surface area contributed by atoms with Gasteiger partial charge in [0.1, 0.15) is 6.54 Å². The van der Waals surface area contributed by atoms with E-state index in [1.54, 1.807) is 0 Å². The number of nitrogens with one attached hydrogen (secondary N) is 1. The van der Waals surface area contributed by atoms with Crippen molar-refractivity contribution in [3.05, 3.63) is 35.4 Å². The third-order valence-electron chi connectivity index (χ3n) is 4.19. The molecule has 0 spiro atoms. The molecule has 5 heteroatoms. The molecule has 1 unspecified atom stereocenters. The Morgan fingerprint density at radius 3 is 2.62 bits per heavy atom. The number of benzene rings is 1. The summed E-state index contributed by atoms with van der Waals surface area (Å²) in [7, 11) is 0. The predicted molar refractivity (Wildman–Crippen MR) is 77.7 cm³/mol. The first-order valence-electron chi connectivity index (χ1n) is 7.44. The number of carbonyl (C=O) groups excluding carboxylic acids is 1. The molecular weight excluding hydrogens is 268 g/mol. The second-order valence-corrected chi connectivity index (χ2v) is 5.96. The maximum Gasteiger partial charge on any atom is 0.323 e. The van der Waals surface area contributed by atoms with Crippen LogP contribution in [0.25, 0.3) is 0 Å². The van der Waals surface area contributed by atoms with Gasteiger partial charge in [-0.1, -0.05) is 24.3 Å². The minimum Gasteiger partial charge on any atom is -0.480 e. The van der Waals surface area contributed by atoms with Crippen LogP contribution in [0.3, 0.4) is 0 Å². The molecule has 2 aliphatic rings. The number of carboxylic acids is 1. The minimum absolute atomic E-state index is 0.0844. The number of hydrogen-bond acceptors (Lipinski definition) is 3. The number of fused-ring (bicyclic) bond motifs is 1. The second-order valence-electron chi connectivity index (χ2n) is 5.96. The van der Waals surface area contributed by atoms with E-state index in [9.17, 15) is 9.59 Å². The third-order valence-corrected chi connectivity index (χ3v) is 4.19. The summed E-state index contributed by atoms with van der Waals surface area (Å²) >= 11 is 0. The van der Waals surface area contributed by atoms with Gasteiger partial charge in [-0.05, 0) is 36.3 Å². The molecule has 0 aromatic heterocycles. The molecule has 1 amide bonds. The molecule has 1 aromatic carbocycles. The topological polar surface area (TPSA) is 69.6 Å². The van der Waals surface area contributed by atoms with E-state index in [4.69, 9.17) is 5.11 Å². The van der Waals surface area contributed by atoms with Crippen molar-refractivity contribution in [1.82, 2.24) is 10.2 Å². The van der Waals surface area contributed by atoms with Crippen LogP contribution in [0.15, 0.2) is 24.3 Å². The summed E-state index contributed by atoms with van der Waals surface area (Å²) in [6.45, 7) is 1.04. The van der Waals surface area contributed by atoms with E-state index >= 15 is 0 Å². The lowest BCUT2D eigenvalue weighted by atomic mass is 9.95. The Bertz CT molecular complexity index is 554. The van der Waals surface area contributed by atoms with Gasteiger partial charge in [0.2, 0.25) is 5.91 Å². The lowest BCUT2D eigenvalue weighted by Crippen LogP contribution is -2.51. The molecule has 1 heterocycles.